The van der Waals surface area contributed by atoms with Gasteiger partial charge in [0.1, 0.15) is 16.6 Å². The van der Waals surface area contributed by atoms with Crippen LogP contribution >= 0.6 is 11.6 Å². The van der Waals surface area contributed by atoms with Crippen LogP contribution in [0.2, 0.25) is 5.15 Å². The summed E-state index contributed by atoms with van der Waals surface area (Å²) in [7, 11) is 0. The number of nitrogens with one attached hydrogen (secondary N) is 1. The zero-order valence-corrected chi connectivity index (χ0v) is 11.7. The number of carbonyl (C=O) groups is 1. The minimum absolute atomic E-state index is 0.203. The van der Waals surface area contributed by atoms with Gasteiger partial charge in [-0.05, 0) is 18.6 Å². The van der Waals surface area contributed by atoms with Crippen molar-refractivity contribution in [3.8, 4) is 5.75 Å². The predicted molar refractivity (Wildman–Crippen MR) is 77.2 cm³/mol. The molecule has 0 aliphatic carbocycles. The zero-order valence-electron chi connectivity index (χ0n) is 11.0. The number of rotatable bonds is 5. The van der Waals surface area contributed by atoms with E-state index >= 15 is 0 Å². The highest BCUT2D eigenvalue weighted by molar-refractivity contribution is 6.29. The van der Waals surface area contributed by atoms with Gasteiger partial charge in [-0.25, -0.2) is 9.97 Å². The molecule has 1 aromatic heterocycles. The van der Waals surface area contributed by atoms with E-state index in [2.05, 4.69) is 15.3 Å². The minimum Gasteiger partial charge on any atom is -0.494 e. The maximum absolute atomic E-state index is 12.0. The molecular formula is C14H14ClN3O2. The topological polar surface area (TPSA) is 64.1 Å². The maximum atomic E-state index is 12.0. The summed E-state index contributed by atoms with van der Waals surface area (Å²) in [6, 6.07) is 7.19. The molecule has 0 radical (unpaired) electrons. The Labute approximate surface area is 122 Å². The van der Waals surface area contributed by atoms with Gasteiger partial charge in [-0.3, -0.25) is 4.79 Å². The van der Waals surface area contributed by atoms with Crippen molar-refractivity contribution in [1.82, 2.24) is 9.97 Å². The summed E-state index contributed by atoms with van der Waals surface area (Å²) in [6.45, 7) is 2.67. The molecule has 0 atom stereocenters. The van der Waals surface area contributed by atoms with Crippen LogP contribution in [0.25, 0.3) is 0 Å². The van der Waals surface area contributed by atoms with Gasteiger partial charge in [0.05, 0.1) is 19.0 Å². The molecule has 1 N–H and O–H groups in total. The van der Waals surface area contributed by atoms with Crippen LogP contribution in [0.3, 0.4) is 0 Å². The van der Waals surface area contributed by atoms with Gasteiger partial charge in [-0.15, -0.1) is 0 Å². The van der Waals surface area contributed by atoms with Crippen molar-refractivity contribution in [3.05, 3.63) is 47.5 Å². The number of hydrogen-bond acceptors (Lipinski definition) is 4. The number of amides is 1. The molecule has 0 spiro atoms. The van der Waals surface area contributed by atoms with Crippen LogP contribution in [0.15, 0.2) is 36.7 Å². The number of aromatic nitrogens is 2. The Morgan fingerprint density at radius 3 is 2.90 bits per heavy atom. The van der Waals surface area contributed by atoms with E-state index in [-0.39, 0.29) is 16.8 Å². The number of ether oxygens (including phenoxy) is 1. The fourth-order valence-corrected chi connectivity index (χ4v) is 1.61. The van der Waals surface area contributed by atoms with Crippen molar-refractivity contribution in [3.63, 3.8) is 0 Å². The second-order valence-corrected chi connectivity index (χ2v) is 4.44. The van der Waals surface area contributed by atoms with E-state index < -0.39 is 0 Å². The number of halogens is 1. The Bertz CT molecular complexity index is 587. The molecule has 5 nitrogen and oxygen atoms in total. The molecule has 0 saturated heterocycles. The molecule has 1 aromatic carbocycles. The second kappa shape index (κ2) is 6.86. The van der Waals surface area contributed by atoms with E-state index in [0.717, 1.165) is 6.42 Å². The third-order valence-corrected chi connectivity index (χ3v) is 2.61. The van der Waals surface area contributed by atoms with Crippen molar-refractivity contribution in [1.29, 1.82) is 0 Å². The molecule has 0 fully saturated rings. The molecule has 0 unspecified atom stereocenters. The first kappa shape index (κ1) is 14.3. The molecule has 2 aromatic rings. The van der Waals surface area contributed by atoms with Crippen molar-refractivity contribution in [2.24, 2.45) is 0 Å². The van der Waals surface area contributed by atoms with Crippen LogP contribution in [-0.4, -0.2) is 22.5 Å². The summed E-state index contributed by atoms with van der Waals surface area (Å²) in [5.41, 5.74) is 0.842. The summed E-state index contributed by atoms with van der Waals surface area (Å²) in [5, 5.41) is 2.98. The molecule has 1 heterocycles. The van der Waals surface area contributed by atoms with Crippen molar-refractivity contribution >= 4 is 23.2 Å². The first-order valence-corrected chi connectivity index (χ1v) is 6.58. The zero-order chi connectivity index (χ0) is 14.4. The van der Waals surface area contributed by atoms with Gasteiger partial charge in [-0.1, -0.05) is 24.6 Å². The monoisotopic (exact) mass is 291 g/mol. The summed E-state index contributed by atoms with van der Waals surface area (Å²) >= 11 is 5.62. The largest absolute Gasteiger partial charge is 0.494 e. The number of nitrogens with zero attached hydrogens (tertiary/aromatic N) is 2. The van der Waals surface area contributed by atoms with Crippen LogP contribution in [0.4, 0.5) is 5.69 Å². The van der Waals surface area contributed by atoms with Crippen LogP contribution in [0.1, 0.15) is 23.8 Å². The lowest BCUT2D eigenvalue weighted by Gasteiger charge is -2.08. The Morgan fingerprint density at radius 1 is 1.35 bits per heavy atom. The minimum atomic E-state index is -0.346. The van der Waals surface area contributed by atoms with Gasteiger partial charge in [0.25, 0.3) is 5.91 Å². The average molecular weight is 292 g/mol. The highest BCUT2D eigenvalue weighted by Gasteiger charge is 2.08. The van der Waals surface area contributed by atoms with Crippen molar-refractivity contribution in [2.75, 3.05) is 11.9 Å². The maximum Gasteiger partial charge on any atom is 0.275 e. The predicted octanol–water partition coefficient (Wildman–Crippen LogP) is 3.17. The van der Waals surface area contributed by atoms with Gasteiger partial charge in [0.15, 0.2) is 0 Å². The van der Waals surface area contributed by atoms with Crippen LogP contribution in [0.5, 0.6) is 5.75 Å². The molecular weight excluding hydrogens is 278 g/mol. The van der Waals surface area contributed by atoms with E-state index in [1.165, 1.54) is 12.4 Å². The Kier molecular flexibility index (Phi) is 4.90. The summed E-state index contributed by atoms with van der Waals surface area (Å²) in [4.78, 5) is 19.7. The number of anilines is 1. The normalized spacial score (nSPS) is 10.1. The van der Waals surface area contributed by atoms with Crippen molar-refractivity contribution < 1.29 is 9.53 Å². The molecule has 0 aliphatic heterocycles. The van der Waals surface area contributed by atoms with Gasteiger partial charge in [0, 0.05) is 11.8 Å². The van der Waals surface area contributed by atoms with Crippen LogP contribution in [-0.2, 0) is 0 Å². The smallest absolute Gasteiger partial charge is 0.275 e. The Hall–Kier alpha value is -2.14. The molecule has 0 bridgehead atoms. The molecule has 20 heavy (non-hydrogen) atoms. The molecule has 6 heteroatoms. The number of carbonyl (C=O) groups excluding carboxylic acids is 1. The van der Waals surface area contributed by atoms with Crippen LogP contribution < -0.4 is 10.1 Å². The highest BCUT2D eigenvalue weighted by Crippen LogP contribution is 2.18. The molecule has 0 saturated carbocycles. The SMILES string of the molecule is CCCOc1cccc(NC(=O)c2cnc(Cl)cn2)c1. The number of hydrogen-bond donors (Lipinski definition) is 1. The van der Waals surface area contributed by atoms with Gasteiger partial charge < -0.3 is 10.1 Å². The standard InChI is InChI=1S/C14H14ClN3O2/c1-2-6-20-11-5-3-4-10(7-11)18-14(19)12-8-17-13(15)9-16-12/h3-5,7-9H,2,6H2,1H3,(H,18,19). The Morgan fingerprint density at radius 2 is 2.20 bits per heavy atom. The van der Waals surface area contributed by atoms with Crippen molar-refractivity contribution in [2.45, 2.75) is 13.3 Å². The van der Waals surface area contributed by atoms with E-state index in [1.807, 2.05) is 19.1 Å². The fraction of sp³-hybridized carbons (Fsp3) is 0.214. The van der Waals surface area contributed by atoms with Crippen LogP contribution in [0, 0.1) is 0 Å². The van der Waals surface area contributed by atoms with E-state index in [9.17, 15) is 4.79 Å². The Balaban J connectivity index is 2.05. The first-order chi connectivity index (χ1) is 9.69. The summed E-state index contributed by atoms with van der Waals surface area (Å²) in [6.07, 6.45) is 3.59. The van der Waals surface area contributed by atoms with E-state index in [1.54, 1.807) is 12.1 Å². The first-order valence-electron chi connectivity index (χ1n) is 6.21. The van der Waals surface area contributed by atoms with Gasteiger partial charge in [0.2, 0.25) is 0 Å². The van der Waals surface area contributed by atoms with E-state index in [0.29, 0.717) is 18.0 Å². The highest BCUT2D eigenvalue weighted by atomic mass is 35.5. The van der Waals surface area contributed by atoms with E-state index in [4.69, 9.17) is 16.3 Å². The molecule has 1 amide bonds. The lowest BCUT2D eigenvalue weighted by molar-refractivity contribution is 0.102. The molecule has 0 aliphatic rings. The number of benzene rings is 1. The lowest BCUT2D eigenvalue weighted by Crippen LogP contribution is -2.14. The fourth-order valence-electron chi connectivity index (χ4n) is 1.51. The third kappa shape index (κ3) is 3.93. The third-order valence-electron chi connectivity index (χ3n) is 2.42. The molecule has 2 rings (SSSR count). The van der Waals surface area contributed by atoms with Gasteiger partial charge >= 0.3 is 0 Å². The summed E-state index contributed by atoms with van der Waals surface area (Å²) < 4.78 is 5.50. The second-order valence-electron chi connectivity index (χ2n) is 4.05. The average Bonchev–Trinajstić information content (AvgIpc) is 2.46. The van der Waals surface area contributed by atoms with Gasteiger partial charge in [-0.2, -0.15) is 0 Å². The summed E-state index contributed by atoms with van der Waals surface area (Å²) in [5.74, 6) is 0.369. The quantitative estimate of drug-likeness (QED) is 0.919. The molecule has 104 valence electrons. The lowest BCUT2D eigenvalue weighted by atomic mass is 10.3.